The zero-order chi connectivity index (χ0) is 6.69. The highest BCUT2D eigenvalue weighted by Crippen LogP contribution is 1.96. The second-order valence-electron chi connectivity index (χ2n) is 1.94. The fourth-order valence-corrected chi connectivity index (χ4v) is 0.556. The number of nitrogens with one attached hydrogen (secondary N) is 2. The lowest BCUT2D eigenvalue weighted by atomic mass is 10.2. The lowest BCUT2D eigenvalue weighted by Gasteiger charge is -2.26. The van der Waals surface area contributed by atoms with E-state index in [1.807, 2.05) is 0 Å². The number of halogens is 1. The highest BCUT2D eigenvalue weighted by Gasteiger charge is 2.19. The molecule has 1 aliphatic heterocycles. The molecule has 0 bridgehead atoms. The predicted octanol–water partition coefficient (Wildman–Crippen LogP) is -0.264. The number of carbonyl (C=O) groups excluding carboxylic acids is 1. The molecule has 0 aliphatic carbocycles. The van der Waals surface area contributed by atoms with Crippen molar-refractivity contribution in [1.82, 2.24) is 10.6 Å². The molecule has 2 N–H and O–H groups in total. The van der Waals surface area contributed by atoms with Gasteiger partial charge in [0.15, 0.2) is 0 Å². The van der Waals surface area contributed by atoms with Crippen LogP contribution in [0.5, 0.6) is 0 Å². The van der Waals surface area contributed by atoms with Gasteiger partial charge in [0.1, 0.15) is 6.10 Å². The van der Waals surface area contributed by atoms with Crippen LogP contribution in [0.15, 0.2) is 0 Å². The van der Waals surface area contributed by atoms with Crippen molar-refractivity contribution in [1.29, 1.82) is 0 Å². The summed E-state index contributed by atoms with van der Waals surface area (Å²) in [5, 5.41) is 5.36. The summed E-state index contributed by atoms with van der Waals surface area (Å²) in [7, 11) is 1.55. The molecule has 1 aliphatic rings. The van der Waals surface area contributed by atoms with E-state index in [9.17, 15) is 4.79 Å². The quantitative estimate of drug-likeness (QED) is 0.564. The van der Waals surface area contributed by atoms with Crippen LogP contribution < -0.4 is 10.6 Å². The lowest BCUT2D eigenvalue weighted by Crippen LogP contribution is -2.50. The van der Waals surface area contributed by atoms with Crippen LogP contribution in [0.2, 0.25) is 0 Å². The van der Waals surface area contributed by atoms with Gasteiger partial charge in [0.25, 0.3) is 0 Å². The zero-order valence-electron chi connectivity index (χ0n) is 5.72. The van der Waals surface area contributed by atoms with Gasteiger partial charge < -0.3 is 15.4 Å². The van der Waals surface area contributed by atoms with E-state index in [0.29, 0.717) is 0 Å². The molecule has 1 rings (SSSR count). The molecule has 10 heavy (non-hydrogen) atoms. The highest BCUT2D eigenvalue weighted by atomic mass is 35.5. The molecule has 0 aromatic carbocycles. The Morgan fingerprint density at radius 1 is 1.70 bits per heavy atom. The van der Waals surface area contributed by atoms with Crippen molar-refractivity contribution in [2.45, 2.75) is 6.10 Å². The first-order valence-electron chi connectivity index (χ1n) is 2.92. The van der Waals surface area contributed by atoms with E-state index in [0.717, 1.165) is 13.1 Å². The smallest absolute Gasteiger partial charge is 0.407 e. The van der Waals surface area contributed by atoms with Crippen LogP contribution in [0.3, 0.4) is 0 Å². The standard InChI is InChI=1S/C5H10N2O2.ClH/c1-6-5(8)9-4-2-7-3-4;/h4,7H,2-3H2,1H3,(H,6,8);1H. The van der Waals surface area contributed by atoms with Crippen molar-refractivity contribution in [3.8, 4) is 0 Å². The molecule has 0 aromatic rings. The van der Waals surface area contributed by atoms with E-state index in [1.165, 1.54) is 0 Å². The second kappa shape index (κ2) is 4.35. The van der Waals surface area contributed by atoms with E-state index < -0.39 is 0 Å². The molecule has 1 heterocycles. The largest absolute Gasteiger partial charge is 0.444 e. The third kappa shape index (κ3) is 2.41. The summed E-state index contributed by atoms with van der Waals surface area (Å²) < 4.78 is 4.82. The normalized spacial score (nSPS) is 16.5. The average molecular weight is 167 g/mol. The molecule has 5 heteroatoms. The molecule has 60 valence electrons. The maximum atomic E-state index is 10.5. The van der Waals surface area contributed by atoms with Crippen molar-refractivity contribution in [2.75, 3.05) is 20.1 Å². The Bertz CT molecular complexity index is 116. The van der Waals surface area contributed by atoms with Gasteiger partial charge in [-0.1, -0.05) is 0 Å². The zero-order valence-corrected chi connectivity index (χ0v) is 6.53. The maximum absolute atomic E-state index is 10.5. The van der Waals surface area contributed by atoms with E-state index >= 15 is 0 Å². The van der Waals surface area contributed by atoms with Crippen LogP contribution in [0.25, 0.3) is 0 Å². The molecular weight excluding hydrogens is 156 g/mol. The molecule has 4 nitrogen and oxygen atoms in total. The third-order valence-corrected chi connectivity index (χ3v) is 1.22. The number of hydrogen-bond donors (Lipinski definition) is 2. The molecular formula is C5H11ClN2O2. The Labute approximate surface area is 65.7 Å². The van der Waals surface area contributed by atoms with Crippen LogP contribution in [0, 0.1) is 0 Å². The van der Waals surface area contributed by atoms with Gasteiger partial charge in [-0.3, -0.25) is 0 Å². The van der Waals surface area contributed by atoms with Gasteiger partial charge in [0, 0.05) is 20.1 Å². The Morgan fingerprint density at radius 3 is 2.60 bits per heavy atom. The molecule has 0 saturated carbocycles. The summed E-state index contributed by atoms with van der Waals surface area (Å²) in [5.41, 5.74) is 0. The van der Waals surface area contributed by atoms with Gasteiger partial charge in [-0.05, 0) is 0 Å². The van der Waals surface area contributed by atoms with E-state index in [4.69, 9.17) is 4.74 Å². The number of ether oxygens (including phenoxy) is 1. The van der Waals surface area contributed by atoms with Gasteiger partial charge in [-0.25, -0.2) is 4.79 Å². The van der Waals surface area contributed by atoms with Crippen LogP contribution in [0.4, 0.5) is 4.79 Å². The van der Waals surface area contributed by atoms with Crippen molar-refractivity contribution >= 4 is 18.5 Å². The Balaban J connectivity index is 0.000000810. The number of hydrogen-bond acceptors (Lipinski definition) is 3. The van der Waals surface area contributed by atoms with Gasteiger partial charge in [0.05, 0.1) is 0 Å². The van der Waals surface area contributed by atoms with Crippen molar-refractivity contribution in [2.24, 2.45) is 0 Å². The Kier molecular flexibility index (Phi) is 4.14. The van der Waals surface area contributed by atoms with E-state index in [-0.39, 0.29) is 24.6 Å². The van der Waals surface area contributed by atoms with Crippen LogP contribution in [-0.2, 0) is 4.74 Å². The van der Waals surface area contributed by atoms with Gasteiger partial charge in [0.2, 0.25) is 0 Å². The Morgan fingerprint density at radius 2 is 2.30 bits per heavy atom. The topological polar surface area (TPSA) is 50.4 Å². The van der Waals surface area contributed by atoms with Gasteiger partial charge >= 0.3 is 6.09 Å². The van der Waals surface area contributed by atoms with E-state index in [1.54, 1.807) is 7.05 Å². The summed E-state index contributed by atoms with van der Waals surface area (Å²) >= 11 is 0. The molecule has 1 amide bonds. The van der Waals surface area contributed by atoms with Gasteiger partial charge in [-0.15, -0.1) is 12.4 Å². The van der Waals surface area contributed by atoms with Crippen molar-refractivity contribution in [3.63, 3.8) is 0 Å². The summed E-state index contributed by atoms with van der Waals surface area (Å²) in [5.74, 6) is 0. The molecule has 0 unspecified atom stereocenters. The molecule has 1 saturated heterocycles. The monoisotopic (exact) mass is 166 g/mol. The molecule has 0 radical (unpaired) electrons. The first-order valence-corrected chi connectivity index (χ1v) is 2.92. The number of carbonyl (C=O) groups is 1. The molecule has 0 aromatic heterocycles. The summed E-state index contributed by atoms with van der Waals surface area (Å²) in [4.78, 5) is 10.5. The van der Waals surface area contributed by atoms with Gasteiger partial charge in [-0.2, -0.15) is 0 Å². The fourth-order valence-electron chi connectivity index (χ4n) is 0.556. The minimum absolute atomic E-state index is 0. The third-order valence-electron chi connectivity index (χ3n) is 1.22. The SMILES string of the molecule is CNC(=O)OC1CNC1.Cl. The van der Waals surface area contributed by atoms with Crippen LogP contribution in [-0.4, -0.2) is 32.3 Å². The first-order chi connectivity index (χ1) is 4.33. The predicted molar refractivity (Wildman–Crippen MR) is 39.4 cm³/mol. The maximum Gasteiger partial charge on any atom is 0.407 e. The summed E-state index contributed by atoms with van der Waals surface area (Å²) in [6.45, 7) is 1.57. The summed E-state index contributed by atoms with van der Waals surface area (Å²) in [6.07, 6.45) is -0.258. The first kappa shape index (κ1) is 9.52. The van der Waals surface area contributed by atoms with Crippen molar-refractivity contribution in [3.05, 3.63) is 0 Å². The highest BCUT2D eigenvalue weighted by molar-refractivity contribution is 5.85. The lowest BCUT2D eigenvalue weighted by molar-refractivity contribution is 0.0686. The molecule has 0 spiro atoms. The number of amides is 1. The molecule has 1 fully saturated rings. The number of alkyl carbamates (subject to hydrolysis) is 1. The minimum Gasteiger partial charge on any atom is -0.444 e. The summed E-state index contributed by atoms with van der Waals surface area (Å²) in [6, 6.07) is 0. The van der Waals surface area contributed by atoms with E-state index in [2.05, 4.69) is 10.6 Å². The second-order valence-corrected chi connectivity index (χ2v) is 1.94. The Hall–Kier alpha value is -0.480. The van der Waals surface area contributed by atoms with Crippen molar-refractivity contribution < 1.29 is 9.53 Å². The minimum atomic E-state index is -0.346. The molecule has 0 atom stereocenters. The fraction of sp³-hybridized carbons (Fsp3) is 0.800. The average Bonchev–Trinajstić information content (AvgIpc) is 1.78. The number of rotatable bonds is 1. The van der Waals surface area contributed by atoms with Crippen LogP contribution in [0.1, 0.15) is 0 Å². The van der Waals surface area contributed by atoms with Crippen LogP contribution >= 0.6 is 12.4 Å².